The molecule has 5 rings (SSSR count). The van der Waals surface area contributed by atoms with Crippen LogP contribution in [0.1, 0.15) is 41.7 Å². The van der Waals surface area contributed by atoms with Crippen molar-refractivity contribution in [1.82, 2.24) is 14.9 Å². The monoisotopic (exact) mass is 480 g/mol. The second kappa shape index (κ2) is 11.1. The summed E-state index contributed by atoms with van der Waals surface area (Å²) in [6.45, 7) is 1.50. The maximum Gasteiger partial charge on any atom is 0.257 e. The first-order valence-corrected chi connectivity index (χ1v) is 12.2. The minimum atomic E-state index is 0.0805. The van der Waals surface area contributed by atoms with Crippen LogP contribution in [0, 0.1) is 5.92 Å². The first-order valence-electron chi connectivity index (χ1n) is 11.4. The molecule has 0 atom stereocenters. The fourth-order valence-corrected chi connectivity index (χ4v) is 4.88. The number of benzene rings is 2. The smallest absolute Gasteiger partial charge is 0.257 e. The third-order valence-electron chi connectivity index (χ3n) is 6.38. The van der Waals surface area contributed by atoms with E-state index in [9.17, 15) is 4.79 Å². The van der Waals surface area contributed by atoms with E-state index in [4.69, 9.17) is 17.3 Å². The van der Waals surface area contributed by atoms with Gasteiger partial charge in [-0.05, 0) is 62.4 Å². The zero-order valence-corrected chi connectivity index (χ0v) is 20.2. The van der Waals surface area contributed by atoms with Crippen molar-refractivity contribution < 1.29 is 4.79 Å². The molecule has 1 aliphatic heterocycles. The molecule has 1 amide bonds. The molecule has 0 bridgehead atoms. The van der Waals surface area contributed by atoms with Crippen LogP contribution >= 0.6 is 24.2 Å². The SMILES string of the molecule is Clc1ccccc1.NCC1CCC(N2CCc3nc(-c4cccc(S)c4)ncc3C2=O)CC1. The van der Waals surface area contributed by atoms with Gasteiger partial charge >= 0.3 is 0 Å². The molecule has 0 radical (unpaired) electrons. The highest BCUT2D eigenvalue weighted by atomic mass is 35.5. The van der Waals surface area contributed by atoms with E-state index in [2.05, 4.69) is 22.6 Å². The molecule has 1 aromatic heterocycles. The summed E-state index contributed by atoms with van der Waals surface area (Å²) in [7, 11) is 0. The van der Waals surface area contributed by atoms with Crippen LogP contribution in [0.2, 0.25) is 5.02 Å². The van der Waals surface area contributed by atoms with Gasteiger partial charge in [-0.2, -0.15) is 0 Å². The Morgan fingerprint density at radius 2 is 1.82 bits per heavy atom. The second-order valence-corrected chi connectivity index (χ2v) is 9.51. The largest absolute Gasteiger partial charge is 0.335 e. The van der Waals surface area contributed by atoms with E-state index in [-0.39, 0.29) is 5.91 Å². The van der Waals surface area contributed by atoms with Gasteiger partial charge in [0.1, 0.15) is 0 Å². The highest BCUT2D eigenvalue weighted by Gasteiger charge is 2.33. The van der Waals surface area contributed by atoms with Crippen LogP contribution < -0.4 is 5.73 Å². The van der Waals surface area contributed by atoms with Crippen LogP contribution in [0.4, 0.5) is 0 Å². The summed E-state index contributed by atoms with van der Waals surface area (Å²) in [4.78, 5) is 25.0. The number of thiol groups is 1. The Balaban J connectivity index is 0.000000318. The Labute approximate surface area is 205 Å². The van der Waals surface area contributed by atoms with Crippen LogP contribution in [-0.2, 0) is 6.42 Å². The fraction of sp³-hybridized carbons (Fsp3) is 0.346. The van der Waals surface area contributed by atoms with Crippen molar-refractivity contribution in [1.29, 1.82) is 0 Å². The van der Waals surface area contributed by atoms with Gasteiger partial charge in [-0.3, -0.25) is 4.79 Å². The summed E-state index contributed by atoms with van der Waals surface area (Å²) in [6.07, 6.45) is 6.82. The van der Waals surface area contributed by atoms with Crippen LogP contribution in [0.15, 0.2) is 65.7 Å². The topological polar surface area (TPSA) is 72.1 Å². The van der Waals surface area contributed by atoms with Crippen LogP contribution in [0.25, 0.3) is 11.4 Å². The van der Waals surface area contributed by atoms with E-state index in [1.54, 1.807) is 6.20 Å². The third kappa shape index (κ3) is 5.94. The number of hydrogen-bond acceptors (Lipinski definition) is 5. The predicted molar refractivity (Wildman–Crippen MR) is 136 cm³/mol. The van der Waals surface area contributed by atoms with Crippen molar-refractivity contribution in [2.75, 3.05) is 13.1 Å². The van der Waals surface area contributed by atoms with Gasteiger partial charge in [-0.25, -0.2) is 9.97 Å². The van der Waals surface area contributed by atoms with Crippen LogP contribution in [0.3, 0.4) is 0 Å². The molecule has 172 valence electrons. The molecule has 5 nitrogen and oxygen atoms in total. The van der Waals surface area contributed by atoms with E-state index in [1.807, 2.05) is 59.5 Å². The maximum absolute atomic E-state index is 13.0. The van der Waals surface area contributed by atoms with E-state index in [0.29, 0.717) is 23.3 Å². The fourth-order valence-electron chi connectivity index (χ4n) is 4.51. The normalized spacial score (nSPS) is 20.0. The Hall–Kier alpha value is -2.41. The standard InChI is InChI=1S/C20H24N4OS.C6H5Cl/c21-11-13-4-6-15(7-5-13)24-9-8-18-17(20(24)25)12-22-19(23-18)14-2-1-3-16(26)10-14;7-6-4-2-1-3-5-6/h1-3,10,12-13,15,26H,4-9,11,21H2;1-5H. The summed E-state index contributed by atoms with van der Waals surface area (Å²) in [5.41, 5.74) is 8.23. The lowest BCUT2D eigenvalue weighted by atomic mass is 9.84. The molecule has 1 aliphatic carbocycles. The number of carbonyl (C=O) groups is 1. The zero-order valence-electron chi connectivity index (χ0n) is 18.5. The molecular weight excluding hydrogens is 452 g/mol. The third-order valence-corrected chi connectivity index (χ3v) is 6.91. The van der Waals surface area contributed by atoms with Crippen molar-refractivity contribution in [2.45, 2.75) is 43.0 Å². The molecule has 2 heterocycles. The number of halogens is 1. The average Bonchev–Trinajstić information content (AvgIpc) is 2.85. The molecular formula is C26H29ClN4OS. The van der Waals surface area contributed by atoms with E-state index in [0.717, 1.165) is 66.4 Å². The quantitative estimate of drug-likeness (QED) is 0.500. The van der Waals surface area contributed by atoms with Gasteiger partial charge in [-0.1, -0.05) is 41.9 Å². The molecule has 33 heavy (non-hydrogen) atoms. The Kier molecular flexibility index (Phi) is 8.02. The first kappa shape index (κ1) is 23.7. The van der Waals surface area contributed by atoms with Gasteiger partial charge in [0, 0.05) is 40.7 Å². The van der Waals surface area contributed by atoms with Crippen molar-refractivity contribution >= 4 is 30.1 Å². The van der Waals surface area contributed by atoms with Crippen LogP contribution in [0.5, 0.6) is 0 Å². The zero-order chi connectivity index (χ0) is 23.2. The first-order chi connectivity index (χ1) is 16.0. The molecule has 3 aromatic rings. The number of amides is 1. The van der Waals surface area contributed by atoms with Crippen LogP contribution in [-0.4, -0.2) is 39.9 Å². The number of nitrogens with zero attached hydrogens (tertiary/aromatic N) is 3. The Morgan fingerprint density at radius 1 is 1.06 bits per heavy atom. The Bertz CT molecular complexity index is 1090. The van der Waals surface area contributed by atoms with Gasteiger partial charge < -0.3 is 10.6 Å². The predicted octanol–water partition coefficient (Wildman–Crippen LogP) is 5.29. The molecule has 2 N–H and O–H groups in total. The lowest BCUT2D eigenvalue weighted by Crippen LogP contribution is -2.46. The number of carbonyl (C=O) groups excluding carboxylic acids is 1. The summed E-state index contributed by atoms with van der Waals surface area (Å²) in [5, 5.41) is 0.794. The van der Waals surface area contributed by atoms with E-state index >= 15 is 0 Å². The van der Waals surface area contributed by atoms with Crippen molar-refractivity contribution in [3.8, 4) is 11.4 Å². The molecule has 0 spiro atoms. The molecule has 2 aromatic carbocycles. The summed E-state index contributed by atoms with van der Waals surface area (Å²) in [5.74, 6) is 1.35. The van der Waals surface area contributed by atoms with Crippen molar-refractivity contribution in [3.05, 3.63) is 77.1 Å². The molecule has 7 heteroatoms. The van der Waals surface area contributed by atoms with Gasteiger partial charge in [0.05, 0.1) is 11.3 Å². The molecule has 2 aliphatic rings. The number of rotatable bonds is 3. The summed E-state index contributed by atoms with van der Waals surface area (Å²) < 4.78 is 0. The second-order valence-electron chi connectivity index (χ2n) is 8.56. The number of hydrogen-bond donors (Lipinski definition) is 2. The van der Waals surface area contributed by atoms with E-state index in [1.165, 1.54) is 0 Å². The van der Waals surface area contributed by atoms with Gasteiger partial charge in [0.2, 0.25) is 0 Å². The molecule has 1 fully saturated rings. The van der Waals surface area contributed by atoms with Gasteiger partial charge in [-0.15, -0.1) is 12.6 Å². The number of fused-ring (bicyclic) bond motifs is 1. The summed E-state index contributed by atoms with van der Waals surface area (Å²) in [6, 6.07) is 17.5. The minimum Gasteiger partial charge on any atom is -0.335 e. The van der Waals surface area contributed by atoms with Gasteiger partial charge in [0.25, 0.3) is 5.91 Å². The highest BCUT2D eigenvalue weighted by Crippen LogP contribution is 2.30. The molecule has 0 unspecified atom stereocenters. The maximum atomic E-state index is 13.0. The molecule has 1 saturated carbocycles. The van der Waals surface area contributed by atoms with E-state index < -0.39 is 0 Å². The summed E-state index contributed by atoms with van der Waals surface area (Å²) >= 11 is 9.92. The number of aromatic nitrogens is 2. The number of nitrogens with two attached hydrogens (primary N) is 1. The minimum absolute atomic E-state index is 0.0805. The van der Waals surface area contributed by atoms with Crippen molar-refractivity contribution in [3.63, 3.8) is 0 Å². The van der Waals surface area contributed by atoms with Crippen molar-refractivity contribution in [2.24, 2.45) is 11.7 Å². The lowest BCUT2D eigenvalue weighted by molar-refractivity contribution is 0.0589. The molecule has 0 saturated heterocycles. The van der Waals surface area contributed by atoms with Gasteiger partial charge in [0.15, 0.2) is 5.82 Å². The highest BCUT2D eigenvalue weighted by molar-refractivity contribution is 7.80. The lowest BCUT2D eigenvalue weighted by Gasteiger charge is -2.38. The average molecular weight is 481 g/mol. The Morgan fingerprint density at radius 3 is 2.45 bits per heavy atom.